The van der Waals surface area contributed by atoms with Gasteiger partial charge in [-0.15, -0.1) is 0 Å². The number of hydrogen-bond acceptors (Lipinski definition) is 3. The topological polar surface area (TPSA) is 49.3 Å². The summed E-state index contributed by atoms with van der Waals surface area (Å²) in [5, 5.41) is 11.8. The van der Waals surface area contributed by atoms with E-state index in [4.69, 9.17) is 5.11 Å². The number of aliphatic hydroxyl groups is 1. The molecule has 1 unspecified atom stereocenters. The molecule has 0 aliphatic carbocycles. The molecule has 0 rings (SSSR count). The third kappa shape index (κ3) is 2.58. The minimum Gasteiger partial charge on any atom is -0.388 e. The normalized spacial score (nSPS) is 15.1. The van der Waals surface area contributed by atoms with E-state index < -0.39 is 11.6 Å². The molecule has 9 heavy (non-hydrogen) atoms. The molecule has 0 aliphatic heterocycles. The van der Waals surface area contributed by atoms with Crippen molar-refractivity contribution < 1.29 is 9.90 Å². The predicted molar refractivity (Wildman–Crippen MR) is 34.8 cm³/mol. The van der Waals surface area contributed by atoms with Crippen molar-refractivity contribution in [1.82, 2.24) is 5.32 Å². The molecule has 3 heteroatoms. The van der Waals surface area contributed by atoms with E-state index in [0.717, 1.165) is 0 Å². The summed E-state index contributed by atoms with van der Waals surface area (Å²) in [7, 11) is 1.60. The zero-order valence-electron chi connectivity index (χ0n) is 5.93. The van der Waals surface area contributed by atoms with Crippen LogP contribution in [-0.4, -0.2) is 30.1 Å². The summed E-state index contributed by atoms with van der Waals surface area (Å²) in [6.45, 7) is 3.11. The van der Waals surface area contributed by atoms with E-state index in [1.54, 1.807) is 27.2 Å². The van der Waals surface area contributed by atoms with Crippen LogP contribution in [0.4, 0.5) is 0 Å². The molecule has 0 amide bonds. The van der Waals surface area contributed by atoms with Crippen molar-refractivity contribution in [3.63, 3.8) is 0 Å². The van der Waals surface area contributed by atoms with Gasteiger partial charge in [-0.3, -0.25) is 4.79 Å². The van der Waals surface area contributed by atoms with E-state index >= 15 is 0 Å². The minimum atomic E-state index is -1.02. The lowest BCUT2D eigenvalue weighted by molar-refractivity contribution is 0.0625. The molecule has 53 valence electrons. The second kappa shape index (κ2) is 2.94. The van der Waals surface area contributed by atoms with Gasteiger partial charge in [0.1, 0.15) is 6.04 Å². The van der Waals surface area contributed by atoms with Gasteiger partial charge >= 0.3 is 0 Å². The standard InChI is InChI=1S/C6H12NO2/c1-6(2,9)5(4-8)7-3/h5,7,9H,1-3H3. The Bertz CT molecular complexity index is 95.7. The van der Waals surface area contributed by atoms with Gasteiger partial charge in [-0.25, -0.2) is 0 Å². The average Bonchev–Trinajstić information content (AvgIpc) is 1.65. The largest absolute Gasteiger partial charge is 0.388 e. The summed E-state index contributed by atoms with van der Waals surface area (Å²) in [4.78, 5) is 10.0. The first-order valence-electron chi connectivity index (χ1n) is 2.79. The molecule has 1 radical (unpaired) electrons. The van der Waals surface area contributed by atoms with Gasteiger partial charge in [0.2, 0.25) is 6.29 Å². The number of nitrogens with one attached hydrogen (secondary N) is 1. The van der Waals surface area contributed by atoms with E-state index in [-0.39, 0.29) is 0 Å². The fraction of sp³-hybridized carbons (Fsp3) is 0.833. The predicted octanol–water partition coefficient (Wildman–Crippen LogP) is -0.545. The van der Waals surface area contributed by atoms with Gasteiger partial charge in [0.15, 0.2) is 0 Å². The van der Waals surface area contributed by atoms with Crippen molar-refractivity contribution in [2.45, 2.75) is 25.5 Å². The van der Waals surface area contributed by atoms with Crippen LogP contribution in [0.2, 0.25) is 0 Å². The summed E-state index contributed by atoms with van der Waals surface area (Å²) in [6.07, 6.45) is 1.68. The van der Waals surface area contributed by atoms with Gasteiger partial charge in [0.25, 0.3) is 0 Å². The first kappa shape index (κ1) is 8.59. The van der Waals surface area contributed by atoms with Gasteiger partial charge in [0.05, 0.1) is 5.60 Å². The van der Waals surface area contributed by atoms with Gasteiger partial charge in [-0.05, 0) is 20.9 Å². The van der Waals surface area contributed by atoms with Gasteiger partial charge in [-0.1, -0.05) is 0 Å². The fourth-order valence-corrected chi connectivity index (χ4v) is 0.556. The molecular weight excluding hydrogens is 118 g/mol. The molecule has 2 N–H and O–H groups in total. The van der Waals surface area contributed by atoms with Crippen LogP contribution in [0.5, 0.6) is 0 Å². The Morgan fingerprint density at radius 1 is 1.67 bits per heavy atom. The monoisotopic (exact) mass is 130 g/mol. The Morgan fingerprint density at radius 3 is 2.11 bits per heavy atom. The first-order chi connectivity index (χ1) is 4.02. The Kier molecular flexibility index (Phi) is 2.81. The fourth-order valence-electron chi connectivity index (χ4n) is 0.556. The third-order valence-electron chi connectivity index (χ3n) is 1.11. The van der Waals surface area contributed by atoms with Crippen LogP contribution in [0.1, 0.15) is 13.8 Å². The highest BCUT2D eigenvalue weighted by Gasteiger charge is 2.24. The summed E-state index contributed by atoms with van der Waals surface area (Å²) in [5.74, 6) is 0. The van der Waals surface area contributed by atoms with Crippen LogP contribution >= 0.6 is 0 Å². The zero-order chi connectivity index (χ0) is 7.49. The molecule has 0 saturated carbocycles. The molecule has 0 fully saturated rings. The summed E-state index contributed by atoms with van der Waals surface area (Å²) in [5.41, 5.74) is -1.02. The van der Waals surface area contributed by atoms with E-state index in [1.165, 1.54) is 0 Å². The highest BCUT2D eigenvalue weighted by molar-refractivity contribution is 5.60. The van der Waals surface area contributed by atoms with Crippen LogP contribution < -0.4 is 5.32 Å². The Balaban J connectivity index is 3.94. The van der Waals surface area contributed by atoms with Crippen LogP contribution in [0.25, 0.3) is 0 Å². The number of rotatable bonds is 3. The third-order valence-corrected chi connectivity index (χ3v) is 1.11. The molecular formula is C6H12NO2. The lowest BCUT2D eigenvalue weighted by atomic mass is 10.0. The number of hydrogen-bond donors (Lipinski definition) is 2. The number of likely N-dealkylation sites (N-methyl/N-ethyl adjacent to an activating group) is 1. The first-order valence-corrected chi connectivity index (χ1v) is 2.79. The maximum absolute atomic E-state index is 10.0. The van der Waals surface area contributed by atoms with Crippen LogP contribution in [-0.2, 0) is 4.79 Å². The van der Waals surface area contributed by atoms with E-state index in [9.17, 15) is 4.79 Å². The van der Waals surface area contributed by atoms with Crippen molar-refractivity contribution in [2.24, 2.45) is 0 Å². The van der Waals surface area contributed by atoms with Crippen molar-refractivity contribution in [2.75, 3.05) is 7.05 Å². The van der Waals surface area contributed by atoms with Crippen molar-refractivity contribution in [1.29, 1.82) is 0 Å². The average molecular weight is 130 g/mol. The second-order valence-corrected chi connectivity index (χ2v) is 2.49. The molecule has 0 bridgehead atoms. The summed E-state index contributed by atoms with van der Waals surface area (Å²) >= 11 is 0. The number of carbonyl (C=O) groups excluding carboxylic acids is 1. The molecule has 0 heterocycles. The van der Waals surface area contributed by atoms with Gasteiger partial charge < -0.3 is 10.4 Å². The van der Waals surface area contributed by atoms with E-state index in [0.29, 0.717) is 0 Å². The van der Waals surface area contributed by atoms with E-state index in [1.807, 2.05) is 0 Å². The lowest BCUT2D eigenvalue weighted by Gasteiger charge is -2.22. The Morgan fingerprint density at radius 2 is 2.11 bits per heavy atom. The smallest absolute Gasteiger partial charge is 0.219 e. The second-order valence-electron chi connectivity index (χ2n) is 2.49. The summed E-state index contributed by atoms with van der Waals surface area (Å²) < 4.78 is 0. The molecule has 0 aromatic rings. The molecule has 1 atom stereocenters. The van der Waals surface area contributed by atoms with Crippen LogP contribution in [0.3, 0.4) is 0 Å². The van der Waals surface area contributed by atoms with Gasteiger partial charge in [-0.2, -0.15) is 0 Å². The molecule has 0 aliphatic rings. The van der Waals surface area contributed by atoms with Crippen molar-refractivity contribution in [3.05, 3.63) is 0 Å². The maximum Gasteiger partial charge on any atom is 0.219 e. The Labute approximate surface area is 55.1 Å². The van der Waals surface area contributed by atoms with Crippen molar-refractivity contribution >= 4 is 6.29 Å². The highest BCUT2D eigenvalue weighted by atomic mass is 16.3. The molecule has 0 saturated heterocycles. The molecule has 3 nitrogen and oxygen atoms in total. The van der Waals surface area contributed by atoms with Crippen molar-refractivity contribution in [3.8, 4) is 0 Å². The molecule has 0 aromatic carbocycles. The van der Waals surface area contributed by atoms with Crippen LogP contribution in [0.15, 0.2) is 0 Å². The minimum absolute atomic E-state index is 0.600. The maximum atomic E-state index is 10.0. The quantitative estimate of drug-likeness (QED) is 0.539. The zero-order valence-corrected chi connectivity index (χ0v) is 5.93. The SMILES string of the molecule is CNC([C]=O)C(C)(C)O. The Hall–Kier alpha value is -0.410. The summed E-state index contributed by atoms with van der Waals surface area (Å²) in [6, 6.07) is -0.600. The van der Waals surface area contributed by atoms with Crippen LogP contribution in [0, 0.1) is 0 Å². The lowest BCUT2D eigenvalue weighted by Crippen LogP contribution is -2.46. The molecule has 0 spiro atoms. The van der Waals surface area contributed by atoms with E-state index in [2.05, 4.69) is 5.32 Å². The van der Waals surface area contributed by atoms with Gasteiger partial charge in [0, 0.05) is 0 Å². The molecule has 0 aromatic heterocycles. The highest BCUT2D eigenvalue weighted by Crippen LogP contribution is 2.04.